The molecule has 0 aromatic heterocycles. The molecule has 3 rings (SSSR count). The number of ether oxygens (including phenoxy) is 3. The van der Waals surface area contributed by atoms with Gasteiger partial charge in [-0.1, -0.05) is 30.3 Å². The molecule has 2 atom stereocenters. The maximum absolute atomic E-state index is 12.5. The van der Waals surface area contributed by atoms with Gasteiger partial charge in [-0.15, -0.1) is 0 Å². The first-order valence-electron chi connectivity index (χ1n) is 11.6. The van der Waals surface area contributed by atoms with Gasteiger partial charge in [0.25, 0.3) is 0 Å². The number of morpholine rings is 1. The second kappa shape index (κ2) is 11.9. The summed E-state index contributed by atoms with van der Waals surface area (Å²) >= 11 is 0. The monoisotopic (exact) mass is 452 g/mol. The van der Waals surface area contributed by atoms with Crippen LogP contribution in [-0.4, -0.2) is 49.3 Å². The standard InChI is InChI=1S/C27H36N2O4/c1-19(2)32-25-12-10-22(14-26(25)31-5)11-13-27(30)28-15-23-8-6-7-9-24(23)18-29-16-20(3)33-21(4)17-29/h6-14,19-21H,15-18H2,1-5H3,(H,28,30)/b13-11+. The average molecular weight is 453 g/mol. The SMILES string of the molecule is COc1cc(/C=C/C(=O)NCc2ccccc2CN2CC(C)OC(C)C2)ccc1OC(C)C. The first kappa shape index (κ1) is 24.8. The minimum Gasteiger partial charge on any atom is -0.493 e. The van der Waals surface area contributed by atoms with Crippen molar-refractivity contribution < 1.29 is 19.0 Å². The third kappa shape index (κ3) is 7.62. The fourth-order valence-electron chi connectivity index (χ4n) is 4.09. The van der Waals surface area contributed by atoms with E-state index in [0.717, 1.165) is 30.8 Å². The normalized spacial score (nSPS) is 19.1. The molecule has 6 heteroatoms. The molecule has 1 saturated heterocycles. The highest BCUT2D eigenvalue weighted by Gasteiger charge is 2.22. The molecule has 1 N–H and O–H groups in total. The van der Waals surface area contributed by atoms with E-state index in [1.54, 1.807) is 19.3 Å². The van der Waals surface area contributed by atoms with Gasteiger partial charge in [0.05, 0.1) is 25.4 Å². The predicted molar refractivity (Wildman–Crippen MR) is 131 cm³/mol. The second-order valence-corrected chi connectivity index (χ2v) is 8.85. The molecular formula is C27H36N2O4. The maximum atomic E-state index is 12.5. The summed E-state index contributed by atoms with van der Waals surface area (Å²) in [6.07, 6.45) is 3.85. The summed E-state index contributed by atoms with van der Waals surface area (Å²) in [6.45, 7) is 11.3. The molecule has 2 unspecified atom stereocenters. The number of nitrogens with one attached hydrogen (secondary N) is 1. The molecule has 1 aliphatic rings. The Morgan fingerprint density at radius 2 is 1.82 bits per heavy atom. The van der Waals surface area contributed by atoms with Gasteiger partial charge in [0.15, 0.2) is 11.5 Å². The van der Waals surface area contributed by atoms with Gasteiger partial charge in [-0.3, -0.25) is 9.69 Å². The van der Waals surface area contributed by atoms with Crippen LogP contribution in [0.1, 0.15) is 44.4 Å². The molecule has 2 aromatic rings. The second-order valence-electron chi connectivity index (χ2n) is 8.85. The van der Waals surface area contributed by atoms with E-state index < -0.39 is 0 Å². The third-order valence-corrected chi connectivity index (χ3v) is 5.44. The van der Waals surface area contributed by atoms with Crippen LogP contribution in [0.3, 0.4) is 0 Å². The molecule has 1 amide bonds. The van der Waals surface area contributed by atoms with Crippen LogP contribution in [0.4, 0.5) is 0 Å². The highest BCUT2D eigenvalue weighted by atomic mass is 16.5. The number of carbonyl (C=O) groups is 1. The average Bonchev–Trinajstić information content (AvgIpc) is 2.76. The first-order valence-corrected chi connectivity index (χ1v) is 11.6. The lowest BCUT2D eigenvalue weighted by Crippen LogP contribution is -2.45. The Balaban J connectivity index is 1.58. The summed E-state index contributed by atoms with van der Waals surface area (Å²) in [4.78, 5) is 14.9. The number of hydrogen-bond acceptors (Lipinski definition) is 5. The van der Waals surface area contributed by atoms with E-state index in [1.807, 2.05) is 44.2 Å². The van der Waals surface area contributed by atoms with Crippen LogP contribution in [0.25, 0.3) is 6.08 Å². The van der Waals surface area contributed by atoms with Gasteiger partial charge in [0.2, 0.25) is 5.91 Å². The molecule has 0 aliphatic carbocycles. The Morgan fingerprint density at radius 3 is 2.48 bits per heavy atom. The lowest BCUT2D eigenvalue weighted by Gasteiger charge is -2.35. The molecule has 0 spiro atoms. The van der Waals surface area contributed by atoms with E-state index in [0.29, 0.717) is 18.0 Å². The number of nitrogens with zero attached hydrogens (tertiary/aromatic N) is 1. The topological polar surface area (TPSA) is 60.0 Å². The number of carbonyl (C=O) groups excluding carboxylic acids is 1. The number of rotatable bonds is 9. The minimum absolute atomic E-state index is 0.0593. The predicted octanol–water partition coefficient (Wildman–Crippen LogP) is 4.42. The molecule has 1 heterocycles. The zero-order chi connectivity index (χ0) is 23.8. The Labute approximate surface area is 197 Å². The van der Waals surface area contributed by atoms with Crippen LogP contribution in [-0.2, 0) is 22.6 Å². The van der Waals surface area contributed by atoms with Crippen molar-refractivity contribution in [2.24, 2.45) is 0 Å². The van der Waals surface area contributed by atoms with Crippen molar-refractivity contribution in [1.29, 1.82) is 0 Å². The Hall–Kier alpha value is -2.83. The van der Waals surface area contributed by atoms with Crippen molar-refractivity contribution in [1.82, 2.24) is 10.2 Å². The van der Waals surface area contributed by atoms with Gasteiger partial charge in [-0.25, -0.2) is 0 Å². The van der Waals surface area contributed by atoms with Gasteiger partial charge >= 0.3 is 0 Å². The molecule has 2 aromatic carbocycles. The first-order chi connectivity index (χ1) is 15.8. The Kier molecular flexibility index (Phi) is 8.92. The number of methoxy groups -OCH3 is 1. The van der Waals surface area contributed by atoms with Crippen molar-refractivity contribution in [2.45, 2.75) is 59.1 Å². The van der Waals surface area contributed by atoms with E-state index >= 15 is 0 Å². The fraction of sp³-hybridized carbons (Fsp3) is 0.444. The van der Waals surface area contributed by atoms with E-state index in [4.69, 9.17) is 14.2 Å². The molecule has 1 aliphatic heterocycles. The van der Waals surface area contributed by atoms with Gasteiger partial charge in [-0.05, 0) is 62.6 Å². The largest absolute Gasteiger partial charge is 0.493 e. The van der Waals surface area contributed by atoms with Gasteiger partial charge < -0.3 is 19.5 Å². The van der Waals surface area contributed by atoms with E-state index in [-0.39, 0.29) is 24.2 Å². The smallest absolute Gasteiger partial charge is 0.244 e. The summed E-state index contributed by atoms with van der Waals surface area (Å²) in [5, 5.41) is 3.01. The Bertz CT molecular complexity index is 947. The van der Waals surface area contributed by atoms with Crippen LogP contribution >= 0.6 is 0 Å². The lowest BCUT2D eigenvalue weighted by atomic mass is 10.1. The van der Waals surface area contributed by atoms with E-state index in [2.05, 4.69) is 36.2 Å². The fourth-order valence-corrected chi connectivity index (χ4v) is 4.09. The van der Waals surface area contributed by atoms with Crippen LogP contribution in [0.2, 0.25) is 0 Å². The summed E-state index contributed by atoms with van der Waals surface area (Å²) in [7, 11) is 1.61. The van der Waals surface area contributed by atoms with Crippen molar-refractivity contribution in [3.05, 3.63) is 65.2 Å². The van der Waals surface area contributed by atoms with Crippen molar-refractivity contribution in [2.75, 3.05) is 20.2 Å². The highest BCUT2D eigenvalue weighted by Crippen LogP contribution is 2.29. The van der Waals surface area contributed by atoms with E-state index in [9.17, 15) is 4.79 Å². The zero-order valence-electron chi connectivity index (χ0n) is 20.3. The third-order valence-electron chi connectivity index (χ3n) is 5.44. The van der Waals surface area contributed by atoms with Crippen LogP contribution < -0.4 is 14.8 Å². The van der Waals surface area contributed by atoms with Crippen molar-refractivity contribution >= 4 is 12.0 Å². The minimum atomic E-state index is -0.139. The summed E-state index contributed by atoms with van der Waals surface area (Å²) in [5.41, 5.74) is 3.23. The van der Waals surface area contributed by atoms with E-state index in [1.165, 1.54) is 5.56 Å². The molecule has 0 saturated carbocycles. The van der Waals surface area contributed by atoms with Gasteiger partial charge in [0, 0.05) is 32.3 Å². The molecular weight excluding hydrogens is 416 g/mol. The van der Waals surface area contributed by atoms with Gasteiger partial charge in [-0.2, -0.15) is 0 Å². The van der Waals surface area contributed by atoms with Crippen molar-refractivity contribution in [3.8, 4) is 11.5 Å². The Morgan fingerprint density at radius 1 is 1.12 bits per heavy atom. The molecule has 178 valence electrons. The summed E-state index contributed by atoms with van der Waals surface area (Å²) < 4.78 is 17.0. The van der Waals surface area contributed by atoms with Gasteiger partial charge in [0.1, 0.15) is 0 Å². The quantitative estimate of drug-likeness (QED) is 0.571. The molecule has 0 bridgehead atoms. The molecule has 33 heavy (non-hydrogen) atoms. The van der Waals surface area contributed by atoms with Crippen LogP contribution in [0.5, 0.6) is 11.5 Å². The number of benzene rings is 2. The molecule has 1 fully saturated rings. The van der Waals surface area contributed by atoms with Crippen LogP contribution in [0, 0.1) is 0 Å². The number of hydrogen-bond donors (Lipinski definition) is 1. The molecule has 0 radical (unpaired) electrons. The number of amides is 1. The maximum Gasteiger partial charge on any atom is 0.244 e. The lowest BCUT2D eigenvalue weighted by molar-refractivity contribution is -0.116. The summed E-state index contributed by atoms with van der Waals surface area (Å²) in [5.74, 6) is 1.20. The van der Waals surface area contributed by atoms with Crippen LogP contribution in [0.15, 0.2) is 48.5 Å². The van der Waals surface area contributed by atoms with Crippen molar-refractivity contribution in [3.63, 3.8) is 0 Å². The molecule has 6 nitrogen and oxygen atoms in total. The highest BCUT2D eigenvalue weighted by molar-refractivity contribution is 5.91. The zero-order valence-corrected chi connectivity index (χ0v) is 20.3. The summed E-state index contributed by atoms with van der Waals surface area (Å²) in [6, 6.07) is 13.9.